The van der Waals surface area contributed by atoms with Gasteiger partial charge >= 0.3 is 5.97 Å². The number of carbonyl (C=O) groups is 3. The Morgan fingerprint density at radius 3 is 2.62 bits per heavy atom. The molecule has 1 aliphatic carbocycles. The van der Waals surface area contributed by atoms with Crippen molar-refractivity contribution in [2.24, 2.45) is 0 Å². The summed E-state index contributed by atoms with van der Waals surface area (Å²) in [6.07, 6.45) is 2.15. The third-order valence-electron chi connectivity index (χ3n) is 3.67. The van der Waals surface area contributed by atoms with Gasteiger partial charge in [-0.15, -0.1) is 11.3 Å². The van der Waals surface area contributed by atoms with Gasteiger partial charge in [0, 0.05) is 0 Å². The van der Waals surface area contributed by atoms with Gasteiger partial charge in [0.2, 0.25) is 5.91 Å². The molecule has 1 aromatic heterocycles. The van der Waals surface area contributed by atoms with Crippen LogP contribution in [0.4, 0.5) is 0 Å². The van der Waals surface area contributed by atoms with Crippen molar-refractivity contribution in [3.8, 4) is 0 Å². The standard InChI is InChI=1S/C14H18N2O4S/c1-9(15-13(20)10-4-2-7-21-10)12(19)16-14(5-3-6-14)8-11(17)18/h2,4,7,9H,3,5-6,8H2,1H3,(H,15,20)(H,16,19)(H,17,18). The molecule has 1 aliphatic rings. The van der Waals surface area contributed by atoms with Gasteiger partial charge in [-0.1, -0.05) is 6.07 Å². The molecule has 0 bridgehead atoms. The summed E-state index contributed by atoms with van der Waals surface area (Å²) < 4.78 is 0. The first-order chi connectivity index (χ1) is 9.92. The largest absolute Gasteiger partial charge is 0.481 e. The molecule has 0 saturated heterocycles. The molecule has 1 fully saturated rings. The molecule has 0 spiro atoms. The van der Waals surface area contributed by atoms with Gasteiger partial charge in [0.15, 0.2) is 0 Å². The summed E-state index contributed by atoms with van der Waals surface area (Å²) >= 11 is 1.30. The van der Waals surface area contributed by atoms with Gasteiger partial charge in [-0.05, 0) is 37.6 Å². The number of thiophene rings is 1. The highest BCUT2D eigenvalue weighted by Crippen LogP contribution is 2.34. The van der Waals surface area contributed by atoms with Crippen molar-refractivity contribution in [2.75, 3.05) is 0 Å². The van der Waals surface area contributed by atoms with Gasteiger partial charge in [-0.2, -0.15) is 0 Å². The molecule has 0 aromatic carbocycles. The summed E-state index contributed by atoms with van der Waals surface area (Å²) in [7, 11) is 0. The lowest BCUT2D eigenvalue weighted by atomic mass is 9.74. The van der Waals surface area contributed by atoms with Crippen molar-refractivity contribution >= 4 is 29.1 Å². The van der Waals surface area contributed by atoms with E-state index in [-0.39, 0.29) is 18.2 Å². The predicted molar refractivity (Wildman–Crippen MR) is 78.2 cm³/mol. The average molecular weight is 310 g/mol. The molecule has 2 amide bonds. The number of nitrogens with one attached hydrogen (secondary N) is 2. The molecule has 0 radical (unpaired) electrons. The molecule has 21 heavy (non-hydrogen) atoms. The van der Waals surface area contributed by atoms with Crippen LogP contribution in [-0.4, -0.2) is 34.5 Å². The third-order valence-corrected chi connectivity index (χ3v) is 4.54. The zero-order valence-electron chi connectivity index (χ0n) is 11.7. The smallest absolute Gasteiger partial charge is 0.305 e. The van der Waals surface area contributed by atoms with Crippen LogP contribution in [0.3, 0.4) is 0 Å². The zero-order chi connectivity index (χ0) is 15.5. The van der Waals surface area contributed by atoms with E-state index in [1.807, 2.05) is 0 Å². The van der Waals surface area contributed by atoms with E-state index in [0.29, 0.717) is 17.7 Å². The zero-order valence-corrected chi connectivity index (χ0v) is 12.5. The van der Waals surface area contributed by atoms with Gasteiger partial charge in [-0.25, -0.2) is 0 Å². The highest BCUT2D eigenvalue weighted by atomic mass is 32.1. The number of carbonyl (C=O) groups excluding carboxylic acids is 2. The minimum atomic E-state index is -0.926. The first-order valence-corrected chi connectivity index (χ1v) is 7.68. The normalized spacial score (nSPS) is 17.4. The van der Waals surface area contributed by atoms with Gasteiger partial charge in [-0.3, -0.25) is 14.4 Å². The second kappa shape index (κ2) is 6.26. The van der Waals surface area contributed by atoms with Crippen LogP contribution in [0.2, 0.25) is 0 Å². The van der Waals surface area contributed by atoms with Gasteiger partial charge < -0.3 is 15.7 Å². The van der Waals surface area contributed by atoms with Crippen LogP contribution in [0, 0.1) is 0 Å². The Morgan fingerprint density at radius 1 is 1.43 bits per heavy atom. The maximum absolute atomic E-state index is 12.1. The Hall–Kier alpha value is -1.89. The molecule has 7 heteroatoms. The summed E-state index contributed by atoms with van der Waals surface area (Å²) in [4.78, 5) is 35.4. The van der Waals surface area contributed by atoms with Crippen molar-refractivity contribution in [2.45, 2.75) is 44.2 Å². The minimum absolute atomic E-state index is 0.0790. The molecule has 1 heterocycles. The highest BCUT2D eigenvalue weighted by Gasteiger charge is 2.41. The van der Waals surface area contributed by atoms with E-state index >= 15 is 0 Å². The van der Waals surface area contributed by atoms with Gasteiger partial charge in [0.25, 0.3) is 5.91 Å². The Bertz CT molecular complexity index is 537. The number of aliphatic carboxylic acids is 1. The van der Waals surface area contributed by atoms with Crippen LogP contribution in [0.5, 0.6) is 0 Å². The molecule has 0 aliphatic heterocycles. The highest BCUT2D eigenvalue weighted by molar-refractivity contribution is 7.12. The molecule has 3 N–H and O–H groups in total. The Labute approximate surface area is 126 Å². The van der Waals surface area contributed by atoms with Gasteiger partial charge in [0.05, 0.1) is 16.8 Å². The van der Waals surface area contributed by atoms with Crippen LogP contribution in [0.25, 0.3) is 0 Å². The van der Waals surface area contributed by atoms with Crippen LogP contribution in [0.1, 0.15) is 42.3 Å². The number of rotatable bonds is 6. The summed E-state index contributed by atoms with van der Waals surface area (Å²) in [5.74, 6) is -1.57. The summed E-state index contributed by atoms with van der Waals surface area (Å²) in [5, 5.41) is 16.1. The summed E-state index contributed by atoms with van der Waals surface area (Å²) in [6.45, 7) is 1.59. The van der Waals surface area contributed by atoms with Crippen molar-refractivity contribution in [3.63, 3.8) is 0 Å². The van der Waals surface area contributed by atoms with Crippen LogP contribution in [-0.2, 0) is 9.59 Å². The number of carboxylic acid groups (broad SMARTS) is 1. The van der Waals surface area contributed by atoms with E-state index in [2.05, 4.69) is 10.6 Å². The van der Waals surface area contributed by atoms with E-state index in [9.17, 15) is 14.4 Å². The SMILES string of the molecule is CC(NC(=O)c1cccs1)C(=O)NC1(CC(=O)O)CCC1. The first kappa shape index (κ1) is 15.5. The maximum Gasteiger partial charge on any atom is 0.305 e. The lowest BCUT2D eigenvalue weighted by Crippen LogP contribution is -2.58. The van der Waals surface area contributed by atoms with E-state index < -0.39 is 17.6 Å². The van der Waals surface area contributed by atoms with E-state index in [4.69, 9.17) is 5.11 Å². The quantitative estimate of drug-likeness (QED) is 0.739. The van der Waals surface area contributed by atoms with Crippen molar-refractivity contribution in [1.82, 2.24) is 10.6 Å². The lowest BCUT2D eigenvalue weighted by molar-refractivity contribution is -0.140. The van der Waals surface area contributed by atoms with Crippen LogP contribution < -0.4 is 10.6 Å². The molecular weight excluding hydrogens is 292 g/mol. The summed E-state index contributed by atoms with van der Waals surface area (Å²) in [5.41, 5.74) is -0.648. The minimum Gasteiger partial charge on any atom is -0.481 e. The fraction of sp³-hybridized carbons (Fsp3) is 0.500. The van der Waals surface area contributed by atoms with E-state index in [1.54, 1.807) is 24.4 Å². The fourth-order valence-corrected chi connectivity index (χ4v) is 2.98. The number of hydrogen-bond acceptors (Lipinski definition) is 4. The molecule has 1 unspecified atom stereocenters. The molecule has 6 nitrogen and oxygen atoms in total. The Morgan fingerprint density at radius 2 is 2.14 bits per heavy atom. The molecule has 2 rings (SSSR count). The number of hydrogen-bond donors (Lipinski definition) is 3. The topological polar surface area (TPSA) is 95.5 Å². The molecule has 1 atom stereocenters. The predicted octanol–water partition coefficient (Wildman–Crippen LogP) is 1.38. The van der Waals surface area contributed by atoms with E-state index in [1.165, 1.54) is 11.3 Å². The molecule has 1 aromatic rings. The Balaban J connectivity index is 1.90. The van der Waals surface area contributed by atoms with Crippen molar-refractivity contribution < 1.29 is 19.5 Å². The third kappa shape index (κ3) is 3.81. The lowest BCUT2D eigenvalue weighted by Gasteiger charge is -2.42. The monoisotopic (exact) mass is 310 g/mol. The average Bonchev–Trinajstić information content (AvgIpc) is 2.89. The van der Waals surface area contributed by atoms with Crippen molar-refractivity contribution in [3.05, 3.63) is 22.4 Å². The maximum atomic E-state index is 12.1. The molecule has 114 valence electrons. The molecule has 1 saturated carbocycles. The first-order valence-electron chi connectivity index (χ1n) is 6.80. The number of carboxylic acids is 1. The number of amides is 2. The molecular formula is C14H18N2O4S. The van der Waals surface area contributed by atoms with E-state index in [0.717, 1.165) is 6.42 Å². The Kier molecular flexibility index (Phi) is 4.62. The second-order valence-electron chi connectivity index (χ2n) is 5.37. The van der Waals surface area contributed by atoms with Crippen molar-refractivity contribution in [1.29, 1.82) is 0 Å². The van der Waals surface area contributed by atoms with Crippen LogP contribution >= 0.6 is 11.3 Å². The second-order valence-corrected chi connectivity index (χ2v) is 6.31. The van der Waals surface area contributed by atoms with Crippen LogP contribution in [0.15, 0.2) is 17.5 Å². The van der Waals surface area contributed by atoms with Gasteiger partial charge in [0.1, 0.15) is 6.04 Å². The summed E-state index contributed by atoms with van der Waals surface area (Å²) in [6, 6.07) is 2.74. The fourth-order valence-electron chi connectivity index (χ4n) is 2.35.